The fraction of sp³-hybridized carbons (Fsp3) is 0.263. The number of aliphatic hydroxyl groups is 1. The van der Waals surface area contributed by atoms with Gasteiger partial charge in [-0.25, -0.2) is 0 Å². The van der Waals surface area contributed by atoms with Crippen LogP contribution in [0.15, 0.2) is 63.9 Å². The largest absolute Gasteiger partial charge is 0.396 e. The van der Waals surface area contributed by atoms with Crippen molar-refractivity contribution in [3.63, 3.8) is 0 Å². The van der Waals surface area contributed by atoms with E-state index >= 15 is 0 Å². The van der Waals surface area contributed by atoms with E-state index < -0.39 is 10.0 Å². The van der Waals surface area contributed by atoms with Crippen LogP contribution in [0.5, 0.6) is 0 Å². The van der Waals surface area contributed by atoms with Crippen LogP contribution in [0, 0.1) is 0 Å². The van der Waals surface area contributed by atoms with Crippen LogP contribution in [0.4, 0.5) is 5.69 Å². The summed E-state index contributed by atoms with van der Waals surface area (Å²) in [5, 5.41) is 12.1. The molecule has 0 bridgehead atoms. The van der Waals surface area contributed by atoms with Crippen molar-refractivity contribution in [1.82, 2.24) is 0 Å². The molecule has 1 aliphatic rings. The number of benzene rings is 2. The lowest BCUT2D eigenvalue weighted by Gasteiger charge is -2.19. The van der Waals surface area contributed by atoms with Gasteiger partial charge in [-0.05, 0) is 36.5 Å². The van der Waals surface area contributed by atoms with Gasteiger partial charge < -0.3 is 10.4 Å². The Morgan fingerprint density at radius 3 is 2.46 bits per heavy atom. The van der Waals surface area contributed by atoms with Crippen LogP contribution >= 0.6 is 0 Å². The molecular formula is C19H20N2O4S. The van der Waals surface area contributed by atoms with Crippen molar-refractivity contribution >= 4 is 27.3 Å². The molecule has 0 amide bonds. The Kier molecular flexibility index (Phi) is 5.49. The minimum absolute atomic E-state index is 0.0225. The van der Waals surface area contributed by atoms with Crippen LogP contribution in [-0.4, -0.2) is 31.8 Å². The maximum absolute atomic E-state index is 12.5. The number of fused-ring (bicyclic) bond motifs is 1. The fourth-order valence-electron chi connectivity index (χ4n) is 3.02. The number of anilines is 1. The third kappa shape index (κ3) is 4.00. The second-order valence-electron chi connectivity index (χ2n) is 6.12. The molecule has 7 heteroatoms. The maximum atomic E-state index is 12.5. The number of ketones is 1. The average molecular weight is 372 g/mol. The van der Waals surface area contributed by atoms with Gasteiger partial charge in [-0.15, -0.1) is 4.40 Å². The molecule has 0 saturated heterocycles. The van der Waals surface area contributed by atoms with Crippen molar-refractivity contribution in [3.05, 3.63) is 60.2 Å². The van der Waals surface area contributed by atoms with Crippen LogP contribution in [0.25, 0.3) is 0 Å². The van der Waals surface area contributed by atoms with Crippen molar-refractivity contribution in [2.45, 2.75) is 30.1 Å². The molecular weight excluding hydrogens is 352 g/mol. The summed E-state index contributed by atoms with van der Waals surface area (Å²) in [4.78, 5) is 12.6. The van der Waals surface area contributed by atoms with Crippen molar-refractivity contribution in [2.75, 3.05) is 11.9 Å². The highest BCUT2D eigenvalue weighted by Crippen LogP contribution is 2.28. The van der Waals surface area contributed by atoms with E-state index in [9.17, 15) is 18.3 Å². The Hall–Kier alpha value is -2.51. The summed E-state index contributed by atoms with van der Waals surface area (Å²) >= 11 is 0. The number of carbonyl (C=O) groups excluding carboxylic acids is 1. The van der Waals surface area contributed by atoms with Gasteiger partial charge in [-0.1, -0.05) is 42.5 Å². The number of nitrogens with one attached hydrogen (secondary N) is 1. The SMILES string of the molecule is O=C(CCC(CCO)c1ccccc1)C1=NS(=O)(=O)c2ccccc2N1. The quantitative estimate of drug-likeness (QED) is 0.779. The summed E-state index contributed by atoms with van der Waals surface area (Å²) in [5.41, 5.74) is 1.41. The number of rotatable bonds is 7. The monoisotopic (exact) mass is 372 g/mol. The molecule has 0 spiro atoms. The number of hydrogen-bond acceptors (Lipinski definition) is 5. The van der Waals surface area contributed by atoms with E-state index in [4.69, 9.17) is 0 Å². The number of aliphatic hydroxyl groups excluding tert-OH is 1. The van der Waals surface area contributed by atoms with Gasteiger partial charge in [0.2, 0.25) is 0 Å². The highest BCUT2D eigenvalue weighted by molar-refractivity contribution is 7.90. The highest BCUT2D eigenvalue weighted by Gasteiger charge is 2.27. The predicted molar refractivity (Wildman–Crippen MR) is 99.8 cm³/mol. The van der Waals surface area contributed by atoms with E-state index in [0.717, 1.165) is 5.56 Å². The third-order valence-corrected chi connectivity index (χ3v) is 5.70. The van der Waals surface area contributed by atoms with Gasteiger partial charge in [0.15, 0.2) is 11.6 Å². The maximum Gasteiger partial charge on any atom is 0.286 e. The Bertz CT molecular complexity index is 924. The molecule has 2 aromatic rings. The lowest BCUT2D eigenvalue weighted by atomic mass is 9.90. The van der Waals surface area contributed by atoms with Crippen LogP contribution < -0.4 is 5.32 Å². The van der Waals surface area contributed by atoms with E-state index in [2.05, 4.69) is 9.71 Å². The zero-order chi connectivity index (χ0) is 18.6. The van der Waals surface area contributed by atoms with E-state index in [1.165, 1.54) is 6.07 Å². The molecule has 0 aliphatic carbocycles. The van der Waals surface area contributed by atoms with E-state index in [1.54, 1.807) is 18.2 Å². The van der Waals surface area contributed by atoms with Crippen molar-refractivity contribution in [3.8, 4) is 0 Å². The molecule has 26 heavy (non-hydrogen) atoms. The van der Waals surface area contributed by atoms with Gasteiger partial charge in [-0.2, -0.15) is 8.42 Å². The van der Waals surface area contributed by atoms with Gasteiger partial charge in [0.1, 0.15) is 4.90 Å². The van der Waals surface area contributed by atoms with Gasteiger partial charge in [0.05, 0.1) is 5.69 Å². The number of carbonyl (C=O) groups is 1. The van der Waals surface area contributed by atoms with E-state index in [0.29, 0.717) is 18.5 Å². The molecule has 0 radical (unpaired) electrons. The Morgan fingerprint density at radius 2 is 1.73 bits per heavy atom. The minimum atomic E-state index is -3.87. The summed E-state index contributed by atoms with van der Waals surface area (Å²) in [6.07, 6.45) is 1.19. The third-order valence-electron chi connectivity index (χ3n) is 4.36. The predicted octanol–water partition coefficient (Wildman–Crippen LogP) is 2.71. The van der Waals surface area contributed by atoms with E-state index in [1.807, 2.05) is 30.3 Å². The molecule has 0 fully saturated rings. The molecule has 0 saturated carbocycles. The molecule has 3 rings (SSSR count). The second kappa shape index (κ2) is 7.80. The van der Waals surface area contributed by atoms with Crippen molar-refractivity contribution < 1.29 is 18.3 Å². The first kappa shape index (κ1) is 18.3. The fourth-order valence-corrected chi connectivity index (χ4v) is 4.15. The van der Waals surface area contributed by atoms with Crippen LogP contribution in [-0.2, 0) is 14.8 Å². The molecule has 6 nitrogen and oxygen atoms in total. The van der Waals surface area contributed by atoms with Crippen molar-refractivity contribution in [1.29, 1.82) is 0 Å². The summed E-state index contributed by atoms with van der Waals surface area (Å²) < 4.78 is 28.1. The Morgan fingerprint density at radius 1 is 1.04 bits per heavy atom. The number of para-hydroxylation sites is 1. The number of sulfonamides is 1. The molecule has 1 aliphatic heterocycles. The first-order valence-corrected chi connectivity index (χ1v) is 9.85. The second-order valence-corrected chi connectivity index (χ2v) is 7.69. The molecule has 1 atom stereocenters. The summed E-state index contributed by atoms with van der Waals surface area (Å²) in [6.45, 7) is 0.0225. The number of Topliss-reactive ketones (excluding diaryl/α,β-unsaturated/α-hetero) is 1. The highest BCUT2D eigenvalue weighted by atomic mass is 32.2. The van der Waals surface area contributed by atoms with Gasteiger partial charge in [0, 0.05) is 13.0 Å². The van der Waals surface area contributed by atoms with Crippen LogP contribution in [0.3, 0.4) is 0 Å². The number of nitrogens with zero attached hydrogens (tertiary/aromatic N) is 1. The standard InChI is InChI=1S/C19H20N2O4S/c22-13-12-15(14-6-2-1-3-7-14)10-11-17(23)19-20-16-8-4-5-9-18(16)26(24,25)21-19/h1-9,15,22H,10-13H2,(H,20,21). The topological polar surface area (TPSA) is 95.8 Å². The zero-order valence-electron chi connectivity index (χ0n) is 14.1. The minimum Gasteiger partial charge on any atom is -0.396 e. The summed E-state index contributed by atoms with van der Waals surface area (Å²) in [6, 6.07) is 16.0. The lowest BCUT2D eigenvalue weighted by Crippen LogP contribution is -2.29. The molecule has 136 valence electrons. The van der Waals surface area contributed by atoms with E-state index in [-0.39, 0.29) is 35.5 Å². The van der Waals surface area contributed by atoms with Crippen LogP contribution in [0.2, 0.25) is 0 Å². The first-order chi connectivity index (χ1) is 12.5. The van der Waals surface area contributed by atoms with Gasteiger partial charge >= 0.3 is 0 Å². The first-order valence-electron chi connectivity index (χ1n) is 8.41. The summed E-state index contributed by atoms with van der Waals surface area (Å²) in [5.74, 6) is -0.486. The summed E-state index contributed by atoms with van der Waals surface area (Å²) in [7, 11) is -3.87. The van der Waals surface area contributed by atoms with Gasteiger partial charge in [0.25, 0.3) is 10.0 Å². The van der Waals surface area contributed by atoms with Crippen molar-refractivity contribution in [2.24, 2.45) is 4.40 Å². The molecule has 2 aromatic carbocycles. The lowest BCUT2D eigenvalue weighted by molar-refractivity contribution is -0.113. The Balaban J connectivity index is 1.73. The molecule has 1 unspecified atom stereocenters. The molecule has 1 heterocycles. The normalized spacial score (nSPS) is 16.1. The molecule has 2 N–H and O–H groups in total. The smallest absolute Gasteiger partial charge is 0.286 e. The molecule has 0 aromatic heterocycles. The Labute approximate surface area is 152 Å². The van der Waals surface area contributed by atoms with Crippen LogP contribution in [0.1, 0.15) is 30.7 Å². The number of hydrogen-bond donors (Lipinski definition) is 2. The average Bonchev–Trinajstić information content (AvgIpc) is 2.65. The zero-order valence-corrected chi connectivity index (χ0v) is 14.9. The number of amidine groups is 1. The van der Waals surface area contributed by atoms with Gasteiger partial charge in [-0.3, -0.25) is 4.79 Å².